The third kappa shape index (κ3) is 3.24. The molecule has 2 atom stereocenters. The van der Waals surface area contributed by atoms with E-state index in [4.69, 9.17) is 0 Å². The molecule has 1 nitrogen and oxygen atoms in total. The van der Waals surface area contributed by atoms with Crippen molar-refractivity contribution in [2.24, 2.45) is 11.3 Å². The SMILES string of the molecule is Cc1ccccc1NC1CC(C)CC(C)(C)C1. The average molecular weight is 231 g/mol. The van der Waals surface area contributed by atoms with Gasteiger partial charge in [-0.3, -0.25) is 0 Å². The van der Waals surface area contributed by atoms with E-state index in [2.05, 4.69) is 57.3 Å². The van der Waals surface area contributed by atoms with Crippen molar-refractivity contribution in [3.63, 3.8) is 0 Å². The summed E-state index contributed by atoms with van der Waals surface area (Å²) in [5.41, 5.74) is 3.14. The summed E-state index contributed by atoms with van der Waals surface area (Å²) in [6, 6.07) is 9.23. The molecule has 1 N–H and O–H groups in total. The quantitative estimate of drug-likeness (QED) is 0.783. The molecule has 0 aromatic heterocycles. The van der Waals surface area contributed by atoms with Crippen molar-refractivity contribution in [1.82, 2.24) is 0 Å². The molecular weight excluding hydrogens is 206 g/mol. The lowest BCUT2D eigenvalue weighted by Gasteiger charge is -2.39. The monoisotopic (exact) mass is 231 g/mol. The van der Waals surface area contributed by atoms with E-state index in [0.29, 0.717) is 11.5 Å². The molecule has 0 saturated heterocycles. The molecule has 0 radical (unpaired) electrons. The molecule has 1 heteroatoms. The van der Waals surface area contributed by atoms with Crippen molar-refractivity contribution < 1.29 is 0 Å². The first kappa shape index (κ1) is 12.5. The number of rotatable bonds is 2. The second kappa shape index (κ2) is 4.72. The van der Waals surface area contributed by atoms with Crippen LogP contribution in [0.2, 0.25) is 0 Å². The Morgan fingerprint density at radius 3 is 2.53 bits per heavy atom. The predicted octanol–water partition coefficient (Wildman–Crippen LogP) is 4.62. The van der Waals surface area contributed by atoms with Crippen LogP contribution in [0.5, 0.6) is 0 Å². The van der Waals surface area contributed by atoms with Gasteiger partial charge in [0.15, 0.2) is 0 Å². The molecule has 0 spiro atoms. The van der Waals surface area contributed by atoms with Crippen molar-refractivity contribution in [2.45, 2.75) is 53.0 Å². The lowest BCUT2D eigenvalue weighted by molar-refractivity contribution is 0.178. The topological polar surface area (TPSA) is 12.0 Å². The summed E-state index contributed by atoms with van der Waals surface area (Å²) in [6.07, 6.45) is 3.95. The van der Waals surface area contributed by atoms with Gasteiger partial charge in [0, 0.05) is 11.7 Å². The van der Waals surface area contributed by atoms with Crippen molar-refractivity contribution in [3.05, 3.63) is 29.8 Å². The maximum atomic E-state index is 3.74. The van der Waals surface area contributed by atoms with Crippen LogP contribution in [-0.2, 0) is 0 Å². The molecular formula is C16H25N. The number of aryl methyl sites for hydroxylation is 1. The summed E-state index contributed by atoms with van der Waals surface area (Å²) in [4.78, 5) is 0. The van der Waals surface area contributed by atoms with E-state index < -0.39 is 0 Å². The lowest BCUT2D eigenvalue weighted by Crippen LogP contribution is -2.35. The number of nitrogens with one attached hydrogen (secondary N) is 1. The van der Waals surface area contributed by atoms with Gasteiger partial charge in [-0.1, -0.05) is 39.0 Å². The molecule has 1 aromatic carbocycles. The molecule has 0 aliphatic heterocycles. The van der Waals surface area contributed by atoms with Gasteiger partial charge < -0.3 is 5.32 Å². The molecule has 17 heavy (non-hydrogen) atoms. The van der Waals surface area contributed by atoms with E-state index in [1.807, 2.05) is 0 Å². The van der Waals surface area contributed by atoms with Crippen LogP contribution in [0.4, 0.5) is 5.69 Å². The van der Waals surface area contributed by atoms with Gasteiger partial charge in [-0.2, -0.15) is 0 Å². The van der Waals surface area contributed by atoms with E-state index in [1.54, 1.807) is 0 Å². The summed E-state index contributed by atoms with van der Waals surface area (Å²) >= 11 is 0. The zero-order valence-electron chi connectivity index (χ0n) is 11.6. The highest BCUT2D eigenvalue weighted by atomic mass is 14.9. The fraction of sp³-hybridized carbons (Fsp3) is 0.625. The number of para-hydroxylation sites is 1. The Morgan fingerprint density at radius 1 is 1.18 bits per heavy atom. The first-order valence-corrected chi connectivity index (χ1v) is 6.78. The third-order valence-electron chi connectivity index (χ3n) is 3.89. The predicted molar refractivity (Wildman–Crippen MR) is 75.4 cm³/mol. The zero-order chi connectivity index (χ0) is 12.5. The number of anilines is 1. The maximum Gasteiger partial charge on any atom is 0.0372 e. The van der Waals surface area contributed by atoms with Crippen molar-refractivity contribution >= 4 is 5.69 Å². The van der Waals surface area contributed by atoms with Crippen LogP contribution in [0.25, 0.3) is 0 Å². The average Bonchev–Trinajstić information content (AvgIpc) is 2.18. The van der Waals surface area contributed by atoms with Gasteiger partial charge in [0.05, 0.1) is 0 Å². The van der Waals surface area contributed by atoms with E-state index in [0.717, 1.165) is 5.92 Å². The number of hydrogen-bond donors (Lipinski definition) is 1. The van der Waals surface area contributed by atoms with Gasteiger partial charge >= 0.3 is 0 Å². The summed E-state index contributed by atoms with van der Waals surface area (Å²) in [7, 11) is 0. The van der Waals surface area contributed by atoms with Crippen LogP contribution in [0.3, 0.4) is 0 Å². The lowest BCUT2D eigenvalue weighted by atomic mass is 9.70. The normalized spacial score (nSPS) is 27.8. The first-order chi connectivity index (χ1) is 7.96. The van der Waals surface area contributed by atoms with Gasteiger partial charge in [0.2, 0.25) is 0 Å². The second-order valence-electron chi connectivity index (χ2n) is 6.57. The van der Waals surface area contributed by atoms with Gasteiger partial charge in [-0.05, 0) is 49.1 Å². The first-order valence-electron chi connectivity index (χ1n) is 6.78. The number of benzene rings is 1. The van der Waals surface area contributed by atoms with Crippen molar-refractivity contribution in [3.8, 4) is 0 Å². The van der Waals surface area contributed by atoms with E-state index in [9.17, 15) is 0 Å². The van der Waals surface area contributed by atoms with Crippen LogP contribution in [-0.4, -0.2) is 6.04 Å². The summed E-state index contributed by atoms with van der Waals surface area (Å²) in [5, 5.41) is 3.74. The maximum absolute atomic E-state index is 3.74. The van der Waals surface area contributed by atoms with Crippen molar-refractivity contribution in [2.75, 3.05) is 5.32 Å². The molecule has 1 aliphatic carbocycles. The minimum Gasteiger partial charge on any atom is -0.382 e. The van der Waals surface area contributed by atoms with E-state index in [-0.39, 0.29) is 0 Å². The van der Waals surface area contributed by atoms with Crippen LogP contribution in [0.1, 0.15) is 45.6 Å². The fourth-order valence-electron chi connectivity index (χ4n) is 3.41. The Kier molecular flexibility index (Phi) is 3.46. The standard InChI is InChI=1S/C16H25N/c1-12-9-14(11-16(3,4)10-12)17-15-8-6-5-7-13(15)2/h5-8,12,14,17H,9-11H2,1-4H3. The van der Waals surface area contributed by atoms with Gasteiger partial charge in [-0.15, -0.1) is 0 Å². The van der Waals surface area contributed by atoms with Crippen LogP contribution in [0, 0.1) is 18.3 Å². The van der Waals surface area contributed by atoms with E-state index in [1.165, 1.54) is 30.5 Å². The molecule has 1 fully saturated rings. The minimum absolute atomic E-state index is 0.484. The van der Waals surface area contributed by atoms with E-state index >= 15 is 0 Å². The fourth-order valence-corrected chi connectivity index (χ4v) is 3.41. The van der Waals surface area contributed by atoms with Crippen molar-refractivity contribution in [1.29, 1.82) is 0 Å². The molecule has 0 bridgehead atoms. The van der Waals surface area contributed by atoms with Gasteiger partial charge in [-0.25, -0.2) is 0 Å². The Morgan fingerprint density at radius 2 is 1.88 bits per heavy atom. The Hall–Kier alpha value is -0.980. The molecule has 2 unspecified atom stereocenters. The highest BCUT2D eigenvalue weighted by Crippen LogP contribution is 2.39. The summed E-state index contributed by atoms with van der Waals surface area (Å²) in [6.45, 7) is 9.36. The molecule has 0 amide bonds. The smallest absolute Gasteiger partial charge is 0.0372 e. The molecule has 94 valence electrons. The highest BCUT2D eigenvalue weighted by Gasteiger charge is 2.31. The Balaban J connectivity index is 2.06. The molecule has 0 heterocycles. The largest absolute Gasteiger partial charge is 0.382 e. The minimum atomic E-state index is 0.484. The zero-order valence-corrected chi connectivity index (χ0v) is 11.6. The molecule has 1 aromatic rings. The Bertz CT molecular complexity index is 381. The van der Waals surface area contributed by atoms with Crippen LogP contribution in [0.15, 0.2) is 24.3 Å². The Labute approximate surface area is 106 Å². The highest BCUT2D eigenvalue weighted by molar-refractivity contribution is 5.51. The molecule has 1 aliphatic rings. The summed E-state index contributed by atoms with van der Waals surface area (Å²) < 4.78 is 0. The molecule has 1 saturated carbocycles. The summed E-state index contributed by atoms with van der Waals surface area (Å²) in [5.74, 6) is 0.834. The second-order valence-corrected chi connectivity index (χ2v) is 6.57. The molecule has 2 rings (SSSR count). The third-order valence-corrected chi connectivity index (χ3v) is 3.89. The van der Waals surface area contributed by atoms with Crippen LogP contribution < -0.4 is 5.32 Å². The number of hydrogen-bond acceptors (Lipinski definition) is 1. The van der Waals surface area contributed by atoms with Crippen LogP contribution >= 0.6 is 0 Å². The van der Waals surface area contributed by atoms with Gasteiger partial charge in [0.25, 0.3) is 0 Å². The van der Waals surface area contributed by atoms with Gasteiger partial charge in [0.1, 0.15) is 0 Å².